The highest BCUT2D eigenvalue weighted by molar-refractivity contribution is 8.04. The number of unbranched alkanes of at least 4 members (excludes halogenated alkanes) is 1. The van der Waals surface area contributed by atoms with Gasteiger partial charge in [-0.2, -0.15) is 11.8 Å². The van der Waals surface area contributed by atoms with Gasteiger partial charge in [0, 0.05) is 29.9 Å². The molecule has 0 bridgehead atoms. The van der Waals surface area contributed by atoms with Crippen LogP contribution in [0.15, 0.2) is 53.4 Å². The molecule has 1 saturated heterocycles. The average molecular weight is 537 g/mol. The third kappa shape index (κ3) is 7.67. The Morgan fingerprint density at radius 3 is 2.62 bits per heavy atom. The predicted molar refractivity (Wildman–Crippen MR) is 159 cm³/mol. The van der Waals surface area contributed by atoms with Gasteiger partial charge in [-0.05, 0) is 79.0 Å². The summed E-state index contributed by atoms with van der Waals surface area (Å²) in [7, 11) is 0. The quantitative estimate of drug-likeness (QED) is 0.246. The monoisotopic (exact) mass is 536 g/mol. The number of nitrogens with zero attached hydrogens (tertiary/aromatic N) is 1. The van der Waals surface area contributed by atoms with Crippen LogP contribution in [0.4, 0.5) is 0 Å². The first-order valence-corrected chi connectivity index (χ1v) is 15.8. The minimum atomic E-state index is -0.0321. The fourth-order valence-electron chi connectivity index (χ4n) is 5.04. The van der Waals surface area contributed by atoms with E-state index in [0.29, 0.717) is 29.9 Å². The molecule has 1 saturated carbocycles. The second-order valence-corrected chi connectivity index (χ2v) is 12.6. The summed E-state index contributed by atoms with van der Waals surface area (Å²) < 4.78 is 0. The van der Waals surface area contributed by atoms with E-state index in [1.807, 2.05) is 42.1 Å². The maximum Gasteiger partial charge on any atom is 0.260 e. The minimum Gasteiger partial charge on any atom is -0.352 e. The summed E-state index contributed by atoms with van der Waals surface area (Å²) in [4.78, 5) is 29.1. The van der Waals surface area contributed by atoms with Crippen LogP contribution in [0.25, 0.3) is 6.08 Å². The van der Waals surface area contributed by atoms with Crippen molar-refractivity contribution in [2.75, 3.05) is 18.1 Å². The van der Waals surface area contributed by atoms with E-state index in [-0.39, 0.29) is 11.8 Å². The van der Waals surface area contributed by atoms with E-state index in [1.54, 1.807) is 11.8 Å². The summed E-state index contributed by atoms with van der Waals surface area (Å²) in [6, 6.07) is 16.3. The molecule has 0 aromatic heterocycles. The van der Waals surface area contributed by atoms with Gasteiger partial charge in [-0.25, -0.2) is 0 Å². The second kappa shape index (κ2) is 14.1. The molecule has 37 heavy (non-hydrogen) atoms. The van der Waals surface area contributed by atoms with Crippen LogP contribution in [0.5, 0.6) is 0 Å². The first-order valence-electron chi connectivity index (χ1n) is 13.8. The Hall–Kier alpha value is -2.18. The van der Waals surface area contributed by atoms with Crippen molar-refractivity contribution < 1.29 is 9.59 Å². The predicted octanol–water partition coefficient (Wildman–Crippen LogP) is 7.08. The Kier molecular flexibility index (Phi) is 10.6. The van der Waals surface area contributed by atoms with Gasteiger partial charge in [-0.1, -0.05) is 62.6 Å². The molecule has 4 nitrogen and oxygen atoms in total. The molecule has 1 N–H and O–H groups in total. The van der Waals surface area contributed by atoms with E-state index < -0.39 is 0 Å². The van der Waals surface area contributed by atoms with Crippen molar-refractivity contribution >= 4 is 41.4 Å². The van der Waals surface area contributed by atoms with E-state index in [0.717, 1.165) is 35.5 Å². The van der Waals surface area contributed by atoms with E-state index in [2.05, 4.69) is 48.3 Å². The zero-order chi connectivity index (χ0) is 26.0. The Labute approximate surface area is 231 Å². The molecule has 2 aromatic rings. The fraction of sp³-hybridized carbons (Fsp3) is 0.484. The third-order valence-electron chi connectivity index (χ3n) is 7.28. The molecule has 2 aliphatic rings. The topological polar surface area (TPSA) is 49.4 Å². The van der Waals surface area contributed by atoms with Gasteiger partial charge in [0.1, 0.15) is 0 Å². The lowest BCUT2D eigenvalue weighted by Crippen LogP contribution is -2.50. The summed E-state index contributed by atoms with van der Waals surface area (Å²) in [5.74, 6) is 2.39. The van der Waals surface area contributed by atoms with Crippen LogP contribution < -0.4 is 5.32 Å². The largest absolute Gasteiger partial charge is 0.352 e. The molecule has 0 spiro atoms. The molecule has 1 aliphatic heterocycles. The molecule has 2 fully saturated rings. The number of hydrogen-bond donors (Lipinski definition) is 1. The van der Waals surface area contributed by atoms with Gasteiger partial charge in [0.05, 0.1) is 4.91 Å². The Balaban J connectivity index is 1.39. The fourth-order valence-corrected chi connectivity index (χ4v) is 7.56. The van der Waals surface area contributed by atoms with E-state index in [9.17, 15) is 9.59 Å². The number of amides is 2. The summed E-state index contributed by atoms with van der Waals surface area (Å²) in [6.45, 7) is 5.70. The summed E-state index contributed by atoms with van der Waals surface area (Å²) in [6.07, 6.45) is 10.2. The summed E-state index contributed by atoms with van der Waals surface area (Å²) in [5, 5.41) is 3.48. The molecule has 6 heteroatoms. The molecule has 198 valence electrons. The van der Waals surface area contributed by atoms with Crippen LogP contribution in [0.1, 0.15) is 78.9 Å². The van der Waals surface area contributed by atoms with Crippen molar-refractivity contribution in [2.24, 2.45) is 0 Å². The van der Waals surface area contributed by atoms with E-state index >= 15 is 0 Å². The van der Waals surface area contributed by atoms with Gasteiger partial charge in [0.15, 0.2) is 0 Å². The molecular weight excluding hydrogens is 496 g/mol. The van der Waals surface area contributed by atoms with Crippen molar-refractivity contribution in [1.82, 2.24) is 10.2 Å². The van der Waals surface area contributed by atoms with Crippen molar-refractivity contribution in [2.45, 2.75) is 76.6 Å². The standard InChI is InChI=1S/C31H40N2O2S2/c1-3-4-19-36-20-9-18-32-30(34)25-16-14-24(15-17-25)21-29-31(35)33(22-26-11-6-5-10-23(26)2)27-12-7-8-13-28(27)37-29/h5-6,10-11,14-17,21,27-28H,3-4,7-9,12-13,18-20,22H2,1-2H3,(H,32,34)/b29-21+. The Morgan fingerprint density at radius 1 is 1.08 bits per heavy atom. The maximum absolute atomic E-state index is 13.7. The van der Waals surface area contributed by atoms with Crippen molar-refractivity contribution in [3.63, 3.8) is 0 Å². The zero-order valence-electron chi connectivity index (χ0n) is 22.2. The number of benzene rings is 2. The van der Waals surface area contributed by atoms with Crippen LogP contribution in [0.3, 0.4) is 0 Å². The SMILES string of the molecule is CCCCSCCCNC(=O)c1ccc(/C=C2/SC3CCCCC3N(Cc3ccccc3C)C2=O)cc1. The molecule has 2 amide bonds. The molecule has 2 aromatic carbocycles. The minimum absolute atomic E-state index is 0.0321. The Morgan fingerprint density at radius 2 is 1.84 bits per heavy atom. The summed E-state index contributed by atoms with van der Waals surface area (Å²) in [5.41, 5.74) is 4.08. The molecule has 2 unspecified atom stereocenters. The number of rotatable bonds is 11. The van der Waals surface area contributed by atoms with Gasteiger partial charge >= 0.3 is 0 Å². The molecular formula is C31H40N2O2S2. The van der Waals surface area contributed by atoms with Crippen molar-refractivity contribution in [1.29, 1.82) is 0 Å². The van der Waals surface area contributed by atoms with Crippen molar-refractivity contribution in [3.8, 4) is 0 Å². The van der Waals surface area contributed by atoms with E-state index in [1.165, 1.54) is 42.6 Å². The number of carbonyl (C=O) groups is 2. The lowest BCUT2D eigenvalue weighted by Gasteiger charge is -2.44. The lowest BCUT2D eigenvalue weighted by molar-refractivity contribution is -0.130. The molecule has 4 rings (SSSR count). The van der Waals surface area contributed by atoms with Crippen LogP contribution >= 0.6 is 23.5 Å². The number of thioether (sulfide) groups is 2. The first-order chi connectivity index (χ1) is 18.1. The molecule has 0 radical (unpaired) electrons. The molecule has 1 heterocycles. The third-order valence-corrected chi connectivity index (χ3v) is 9.84. The van der Waals surface area contributed by atoms with Gasteiger partial charge in [-0.3, -0.25) is 9.59 Å². The number of hydrogen-bond acceptors (Lipinski definition) is 4. The van der Waals surface area contributed by atoms with Crippen LogP contribution in [0, 0.1) is 6.92 Å². The zero-order valence-corrected chi connectivity index (χ0v) is 23.8. The number of fused-ring (bicyclic) bond motifs is 1. The van der Waals surface area contributed by atoms with Crippen LogP contribution in [-0.4, -0.2) is 46.1 Å². The van der Waals surface area contributed by atoms with Gasteiger partial charge < -0.3 is 10.2 Å². The van der Waals surface area contributed by atoms with E-state index in [4.69, 9.17) is 0 Å². The number of aryl methyl sites for hydroxylation is 1. The lowest BCUT2D eigenvalue weighted by atomic mass is 9.92. The number of carbonyl (C=O) groups excluding carboxylic acids is 2. The Bertz CT molecular complexity index is 1080. The van der Waals surface area contributed by atoms with Gasteiger partial charge in [-0.15, -0.1) is 11.8 Å². The van der Waals surface area contributed by atoms with Crippen LogP contribution in [-0.2, 0) is 11.3 Å². The second-order valence-electron chi connectivity index (χ2n) is 10.1. The van der Waals surface area contributed by atoms with Crippen molar-refractivity contribution in [3.05, 3.63) is 75.7 Å². The average Bonchev–Trinajstić information content (AvgIpc) is 2.92. The number of nitrogens with one attached hydrogen (secondary N) is 1. The highest BCUT2D eigenvalue weighted by atomic mass is 32.2. The highest BCUT2D eigenvalue weighted by Crippen LogP contribution is 2.42. The summed E-state index contributed by atoms with van der Waals surface area (Å²) >= 11 is 3.72. The van der Waals surface area contributed by atoms with Crippen LogP contribution in [0.2, 0.25) is 0 Å². The normalized spacial score (nSPS) is 20.6. The smallest absolute Gasteiger partial charge is 0.260 e. The van der Waals surface area contributed by atoms with Gasteiger partial charge in [0.25, 0.3) is 11.8 Å². The molecule has 1 aliphatic carbocycles. The highest BCUT2D eigenvalue weighted by Gasteiger charge is 2.40. The molecule has 2 atom stereocenters. The first kappa shape index (κ1) is 27.8. The maximum atomic E-state index is 13.7. The van der Waals surface area contributed by atoms with Gasteiger partial charge in [0.2, 0.25) is 0 Å².